The first kappa shape index (κ1) is 58.1. The van der Waals surface area contributed by atoms with Crippen LogP contribution in [-0.2, 0) is 38.1 Å². The van der Waals surface area contributed by atoms with Crippen molar-refractivity contribution in [2.24, 2.45) is 0 Å². The number of benzene rings is 5. The Morgan fingerprint density at radius 3 is 1.03 bits per heavy atom. The predicted molar refractivity (Wildman–Crippen MR) is 261 cm³/mol. The summed E-state index contributed by atoms with van der Waals surface area (Å²) >= 11 is 5.35. The maximum atomic E-state index is 12.6. The molecule has 0 amide bonds. The van der Waals surface area contributed by atoms with Crippen molar-refractivity contribution in [3.05, 3.63) is 187 Å². The lowest BCUT2D eigenvalue weighted by Crippen LogP contribution is -2.36. The van der Waals surface area contributed by atoms with Crippen LogP contribution in [0.15, 0.2) is 159 Å². The van der Waals surface area contributed by atoms with Gasteiger partial charge < -0.3 is 58.3 Å². The van der Waals surface area contributed by atoms with E-state index in [0.717, 1.165) is 18.2 Å². The molecule has 0 aromatic heterocycles. The second-order valence-corrected chi connectivity index (χ2v) is 15.2. The highest BCUT2D eigenvalue weighted by molar-refractivity contribution is 6.18. The van der Waals surface area contributed by atoms with Gasteiger partial charge in [-0.25, -0.2) is 38.4 Å². The highest BCUT2D eigenvalue weighted by Crippen LogP contribution is 2.32. The van der Waals surface area contributed by atoms with E-state index in [0.29, 0.717) is 11.5 Å². The van der Waals surface area contributed by atoms with E-state index in [1.54, 1.807) is 0 Å². The smallest absolute Gasteiger partial charge is 0.338 e. The van der Waals surface area contributed by atoms with Crippen LogP contribution in [0.25, 0.3) is 0 Å². The van der Waals surface area contributed by atoms with Crippen molar-refractivity contribution in [3.8, 4) is 28.7 Å². The summed E-state index contributed by atoms with van der Waals surface area (Å²) in [5.74, 6) is -5.07. The van der Waals surface area contributed by atoms with Crippen LogP contribution in [0.2, 0.25) is 0 Å². The van der Waals surface area contributed by atoms with Crippen LogP contribution in [0.1, 0.15) is 58.2 Å². The summed E-state index contributed by atoms with van der Waals surface area (Å²) in [5, 5.41) is 34.3. The normalized spacial score (nSPS) is 15.5. The minimum Gasteiger partial charge on any atom is -0.508 e. The Morgan fingerprint density at radius 2 is 0.747 bits per heavy atom. The molecule has 0 unspecified atom stereocenters. The first-order chi connectivity index (χ1) is 35.8. The molecule has 2 aliphatic rings. The van der Waals surface area contributed by atoms with E-state index >= 15 is 0 Å². The van der Waals surface area contributed by atoms with Crippen LogP contribution in [0, 0.1) is 0 Å². The number of ether oxygens (including phenoxy) is 8. The first-order valence-electron chi connectivity index (χ1n) is 21.7. The number of alkyl halides is 1. The Labute approximate surface area is 431 Å². The van der Waals surface area contributed by atoms with Crippen molar-refractivity contribution in [1.82, 2.24) is 0 Å². The predicted octanol–water partition coefficient (Wildman–Crippen LogP) is 6.90. The number of fused-ring (bicyclic) bond motifs is 1. The van der Waals surface area contributed by atoms with Crippen LogP contribution in [-0.4, -0.2) is 118 Å². The molecule has 2 heterocycles. The van der Waals surface area contributed by atoms with Gasteiger partial charge in [0.2, 0.25) is 0 Å². The molecule has 2 aliphatic heterocycles. The number of carbonyl (C=O) groups is 9. The Bertz CT molecular complexity index is 2750. The SMILES string of the molecule is C=CC(=O)Oc1ccc(C(=O)O)cc1.C=CC(=O)Oc1ccc(C(=O)O[C@H]2CO[C@@H]3[C@H]2OC[C@H]3OC(=O)c2ccc(OC(=O)C=C)cc2)cc1.O=C(CCCl)Oc1ccc(C(=O)O)cc1.O=C(O)c1ccc(O)cc1. The zero-order chi connectivity index (χ0) is 55.0. The lowest BCUT2D eigenvalue weighted by Gasteiger charge is -2.17. The van der Waals surface area contributed by atoms with Crippen molar-refractivity contribution in [3.63, 3.8) is 0 Å². The van der Waals surface area contributed by atoms with E-state index in [1.165, 1.54) is 121 Å². The molecule has 0 saturated carbocycles. The molecule has 5 aromatic rings. The van der Waals surface area contributed by atoms with Gasteiger partial charge in [0.15, 0.2) is 12.2 Å². The molecule has 0 spiro atoms. The number of carboxylic acids is 3. The number of hydrogen-bond acceptors (Lipinski definition) is 18. The van der Waals surface area contributed by atoms with Gasteiger partial charge in [0.25, 0.3) is 0 Å². The van der Waals surface area contributed by atoms with Crippen molar-refractivity contribution in [2.75, 3.05) is 19.1 Å². The second kappa shape index (κ2) is 29.2. The summed E-state index contributed by atoms with van der Waals surface area (Å²) in [4.78, 5) is 101. The van der Waals surface area contributed by atoms with Crippen LogP contribution >= 0.6 is 11.6 Å². The van der Waals surface area contributed by atoms with Gasteiger partial charge in [-0.3, -0.25) is 4.79 Å². The maximum Gasteiger partial charge on any atom is 0.338 e. The standard InChI is InChI=1S/C26H22O10.C10H9ClO4.C10H8O4.C7H6O3/c1-3-21(27)33-17-9-5-15(6-10-17)25(29)35-19-13-31-24-20(14-32-23(19)24)36-26(30)16-7-11-18(12-8-16)34-22(28)4-2;11-6-5-9(12)15-8-3-1-7(2-4-8)10(13)14;1-2-9(11)14-8-5-3-7(4-6-8)10(12)13;8-6-3-1-5(2-4-6)7(9)10/h3-12,19-20,23-24H,1-2,13-14H2;1-4H,5-6H2,(H,13,14);2-6H,1H2,(H,12,13);1-4,8H,(H,9,10)/t19-,20+,23-,24-;;;/m0.../s1. The van der Waals surface area contributed by atoms with Gasteiger partial charge in [-0.2, -0.15) is 0 Å². The number of hydrogen-bond donors (Lipinski definition) is 4. The van der Waals surface area contributed by atoms with Gasteiger partial charge in [0.1, 0.15) is 41.0 Å². The zero-order valence-corrected chi connectivity index (χ0v) is 39.9. The Hall–Kier alpha value is -9.44. The number of carboxylic acid groups (broad SMARTS) is 3. The molecule has 5 aromatic carbocycles. The quantitative estimate of drug-likeness (QED) is 0.0338. The topological polar surface area (TPSA) is 308 Å². The van der Waals surface area contributed by atoms with Gasteiger partial charge in [0, 0.05) is 24.1 Å². The summed E-state index contributed by atoms with van der Waals surface area (Å²) in [6.07, 6.45) is 0.647. The number of rotatable bonds is 16. The summed E-state index contributed by atoms with van der Waals surface area (Å²) in [6, 6.07) is 28.2. The third kappa shape index (κ3) is 18.9. The fourth-order valence-corrected chi connectivity index (χ4v) is 6.18. The molecule has 2 fully saturated rings. The van der Waals surface area contributed by atoms with Gasteiger partial charge >= 0.3 is 53.7 Å². The lowest BCUT2D eigenvalue weighted by atomic mass is 10.1. The molecular formula is C53H45ClO21. The molecular weight excluding hydrogens is 1010 g/mol. The average Bonchev–Trinajstić information content (AvgIpc) is 4.00. The number of esters is 6. The van der Waals surface area contributed by atoms with Gasteiger partial charge in [-0.05, 0) is 121 Å². The minimum atomic E-state index is -1.02. The van der Waals surface area contributed by atoms with Gasteiger partial charge in [-0.15, -0.1) is 11.6 Å². The third-order valence-corrected chi connectivity index (χ3v) is 9.85. The third-order valence-electron chi connectivity index (χ3n) is 9.66. The number of aromatic carboxylic acids is 3. The monoisotopic (exact) mass is 1050 g/mol. The fourth-order valence-electron chi connectivity index (χ4n) is 6.03. The van der Waals surface area contributed by atoms with Crippen molar-refractivity contribution in [2.45, 2.75) is 30.8 Å². The molecule has 22 heteroatoms. The number of phenolic OH excluding ortho intramolecular Hbond substituents is 1. The van der Waals surface area contributed by atoms with E-state index in [4.69, 9.17) is 69.9 Å². The summed E-state index contributed by atoms with van der Waals surface area (Å²) in [7, 11) is 0. The first-order valence-corrected chi connectivity index (χ1v) is 22.2. The molecule has 0 aliphatic carbocycles. The van der Waals surface area contributed by atoms with E-state index < -0.39 is 78.1 Å². The molecule has 21 nitrogen and oxygen atoms in total. The fraction of sp³-hybridized carbons (Fsp3) is 0.151. The van der Waals surface area contributed by atoms with E-state index in [-0.39, 0.29) is 70.6 Å². The molecule has 390 valence electrons. The van der Waals surface area contributed by atoms with E-state index in [9.17, 15) is 43.2 Å². The minimum absolute atomic E-state index is 0.0741. The Balaban J connectivity index is 0.000000255. The summed E-state index contributed by atoms with van der Waals surface area (Å²) in [5.41, 5.74) is 0.966. The van der Waals surface area contributed by atoms with Gasteiger partial charge in [-0.1, -0.05) is 19.7 Å². The van der Waals surface area contributed by atoms with Gasteiger partial charge in [0.05, 0.1) is 47.5 Å². The highest BCUT2D eigenvalue weighted by Gasteiger charge is 2.51. The Morgan fingerprint density at radius 1 is 0.467 bits per heavy atom. The van der Waals surface area contributed by atoms with Crippen LogP contribution in [0.5, 0.6) is 28.7 Å². The molecule has 4 N–H and O–H groups in total. The second-order valence-electron chi connectivity index (χ2n) is 14.8. The number of halogens is 1. The molecule has 7 rings (SSSR count). The van der Waals surface area contributed by atoms with Crippen LogP contribution in [0.4, 0.5) is 0 Å². The number of aromatic hydroxyl groups is 1. The highest BCUT2D eigenvalue weighted by atomic mass is 35.5. The maximum absolute atomic E-state index is 12.6. The zero-order valence-electron chi connectivity index (χ0n) is 39.1. The largest absolute Gasteiger partial charge is 0.508 e. The van der Waals surface area contributed by atoms with Crippen molar-refractivity contribution < 1.29 is 101 Å². The summed E-state index contributed by atoms with van der Waals surface area (Å²) in [6.45, 7) is 10.0. The van der Waals surface area contributed by atoms with E-state index in [1.807, 2.05) is 0 Å². The molecule has 75 heavy (non-hydrogen) atoms. The van der Waals surface area contributed by atoms with Crippen LogP contribution in [0.3, 0.4) is 0 Å². The molecule has 0 radical (unpaired) electrons. The average molecular weight is 1050 g/mol. The van der Waals surface area contributed by atoms with E-state index in [2.05, 4.69) is 19.7 Å². The molecule has 0 bridgehead atoms. The lowest BCUT2D eigenvalue weighted by molar-refractivity contribution is -0.134. The van der Waals surface area contributed by atoms with Crippen molar-refractivity contribution >= 4 is 65.3 Å². The number of carbonyl (C=O) groups excluding carboxylic acids is 6. The summed E-state index contributed by atoms with van der Waals surface area (Å²) < 4.78 is 42.1. The number of phenols is 1. The Kier molecular flexibility index (Phi) is 22.6. The van der Waals surface area contributed by atoms with Crippen LogP contribution < -0.4 is 18.9 Å². The molecule has 4 atom stereocenters. The molecule has 2 saturated heterocycles. The van der Waals surface area contributed by atoms with Crippen molar-refractivity contribution in [1.29, 1.82) is 0 Å².